The summed E-state index contributed by atoms with van der Waals surface area (Å²) in [6.07, 6.45) is 4.60. The maximum Gasteiger partial charge on any atom is 0.109 e. The van der Waals surface area contributed by atoms with Crippen LogP contribution in [0, 0.1) is 17.2 Å². The minimum atomic E-state index is -0.243. The van der Waals surface area contributed by atoms with E-state index in [1.807, 2.05) is 0 Å². The molecule has 20 heavy (non-hydrogen) atoms. The summed E-state index contributed by atoms with van der Waals surface area (Å²) in [6, 6.07) is 3.25. The Morgan fingerprint density at radius 2 is 2.20 bits per heavy atom. The maximum atomic E-state index is 9.60. The highest BCUT2D eigenvalue weighted by atomic mass is 15.3. The molecule has 2 fully saturated rings. The topological polar surface area (TPSA) is 42.3 Å². The normalized spacial score (nSPS) is 36.1. The number of rotatable bonds is 5. The van der Waals surface area contributed by atoms with E-state index in [4.69, 9.17) is 0 Å². The van der Waals surface area contributed by atoms with Crippen LogP contribution < -0.4 is 5.32 Å². The number of hydrogen-bond acceptors (Lipinski definition) is 4. The summed E-state index contributed by atoms with van der Waals surface area (Å²) in [6.45, 7) is 9.98. The monoisotopic (exact) mass is 278 g/mol. The van der Waals surface area contributed by atoms with Gasteiger partial charge in [0.25, 0.3) is 0 Å². The van der Waals surface area contributed by atoms with Gasteiger partial charge in [-0.3, -0.25) is 5.32 Å². The van der Waals surface area contributed by atoms with E-state index in [-0.39, 0.29) is 5.54 Å². The molecule has 4 heteroatoms. The van der Waals surface area contributed by atoms with Crippen LogP contribution >= 0.6 is 0 Å². The summed E-state index contributed by atoms with van der Waals surface area (Å²) in [7, 11) is 2.21. The fourth-order valence-corrected chi connectivity index (χ4v) is 3.87. The second-order valence-corrected chi connectivity index (χ2v) is 6.62. The first kappa shape index (κ1) is 15.8. The van der Waals surface area contributed by atoms with Gasteiger partial charge in [0.1, 0.15) is 5.54 Å². The molecular formula is C16H30N4. The van der Waals surface area contributed by atoms with Crippen molar-refractivity contribution in [3.05, 3.63) is 0 Å². The van der Waals surface area contributed by atoms with Crippen molar-refractivity contribution in [2.75, 3.05) is 39.8 Å². The van der Waals surface area contributed by atoms with Crippen molar-refractivity contribution < 1.29 is 0 Å². The quantitative estimate of drug-likeness (QED) is 0.831. The molecule has 0 spiro atoms. The lowest BCUT2D eigenvalue weighted by Gasteiger charge is -2.39. The third-order valence-electron chi connectivity index (χ3n) is 5.35. The van der Waals surface area contributed by atoms with Gasteiger partial charge in [-0.1, -0.05) is 13.3 Å². The van der Waals surface area contributed by atoms with Crippen molar-refractivity contribution in [1.29, 1.82) is 5.26 Å². The molecule has 2 rings (SSSR count). The van der Waals surface area contributed by atoms with Gasteiger partial charge in [-0.05, 0) is 52.2 Å². The second kappa shape index (κ2) is 6.89. The number of nitriles is 1. The summed E-state index contributed by atoms with van der Waals surface area (Å²) < 4.78 is 0. The van der Waals surface area contributed by atoms with Crippen LogP contribution in [0.25, 0.3) is 0 Å². The molecule has 3 atom stereocenters. The van der Waals surface area contributed by atoms with Crippen molar-refractivity contribution in [1.82, 2.24) is 15.1 Å². The van der Waals surface area contributed by atoms with Gasteiger partial charge >= 0.3 is 0 Å². The van der Waals surface area contributed by atoms with E-state index in [0.717, 1.165) is 25.9 Å². The van der Waals surface area contributed by atoms with Gasteiger partial charge in [0.05, 0.1) is 6.07 Å². The molecule has 0 aromatic rings. The highest BCUT2D eigenvalue weighted by Gasteiger charge is 2.42. The van der Waals surface area contributed by atoms with Gasteiger partial charge < -0.3 is 9.80 Å². The van der Waals surface area contributed by atoms with Crippen LogP contribution in [0.5, 0.6) is 0 Å². The standard InChI is InChI=1S/C16H30N4/c1-4-18-16(13-17)8-5-6-15(16)7-9-20-11-10-19(3)14(2)12-20/h14-15,18H,4-12H2,1-3H3. The number of hydrogen-bond donors (Lipinski definition) is 1. The molecule has 0 amide bonds. The van der Waals surface area contributed by atoms with Crippen LogP contribution in [0.2, 0.25) is 0 Å². The Labute approximate surface area is 124 Å². The zero-order valence-electron chi connectivity index (χ0n) is 13.4. The summed E-state index contributed by atoms with van der Waals surface area (Å²) in [5.74, 6) is 0.530. The van der Waals surface area contributed by atoms with Crippen molar-refractivity contribution in [3.63, 3.8) is 0 Å². The molecule has 1 aliphatic carbocycles. The van der Waals surface area contributed by atoms with Crippen molar-refractivity contribution >= 4 is 0 Å². The van der Waals surface area contributed by atoms with E-state index in [9.17, 15) is 5.26 Å². The van der Waals surface area contributed by atoms with Gasteiger partial charge in [-0.25, -0.2) is 0 Å². The van der Waals surface area contributed by atoms with Crippen LogP contribution in [-0.4, -0.2) is 61.2 Å². The predicted molar refractivity (Wildman–Crippen MR) is 82.5 cm³/mol. The van der Waals surface area contributed by atoms with E-state index in [0.29, 0.717) is 12.0 Å². The molecule has 0 radical (unpaired) electrons. The highest BCUT2D eigenvalue weighted by molar-refractivity contribution is 5.14. The zero-order valence-corrected chi connectivity index (χ0v) is 13.4. The number of nitrogens with one attached hydrogen (secondary N) is 1. The fourth-order valence-electron chi connectivity index (χ4n) is 3.87. The smallest absolute Gasteiger partial charge is 0.109 e. The molecule has 1 aliphatic heterocycles. The molecule has 1 saturated heterocycles. The molecule has 1 saturated carbocycles. The molecule has 1 heterocycles. The molecule has 0 aromatic carbocycles. The van der Waals surface area contributed by atoms with Gasteiger partial charge in [0, 0.05) is 25.7 Å². The van der Waals surface area contributed by atoms with Crippen molar-refractivity contribution in [2.24, 2.45) is 5.92 Å². The van der Waals surface area contributed by atoms with Gasteiger partial charge in [-0.2, -0.15) is 5.26 Å². The lowest BCUT2D eigenvalue weighted by Crippen LogP contribution is -2.51. The summed E-state index contributed by atoms with van der Waals surface area (Å²) in [5.41, 5.74) is -0.243. The lowest BCUT2D eigenvalue weighted by atomic mass is 9.85. The van der Waals surface area contributed by atoms with E-state index < -0.39 is 0 Å². The number of likely N-dealkylation sites (N-methyl/N-ethyl adjacent to an activating group) is 1. The summed E-state index contributed by atoms with van der Waals surface area (Å²) >= 11 is 0. The van der Waals surface area contributed by atoms with Crippen molar-refractivity contribution in [2.45, 2.75) is 51.1 Å². The zero-order chi connectivity index (χ0) is 14.6. The maximum absolute atomic E-state index is 9.60. The fraction of sp³-hybridized carbons (Fsp3) is 0.938. The minimum Gasteiger partial charge on any atom is -0.301 e. The SMILES string of the molecule is CCNC1(C#N)CCCC1CCN1CCN(C)C(C)C1. The average molecular weight is 278 g/mol. The second-order valence-electron chi connectivity index (χ2n) is 6.62. The minimum absolute atomic E-state index is 0.243. The first-order valence-electron chi connectivity index (χ1n) is 8.20. The number of nitrogens with zero attached hydrogens (tertiary/aromatic N) is 3. The molecule has 114 valence electrons. The molecule has 0 bridgehead atoms. The molecule has 3 unspecified atom stereocenters. The Kier molecular flexibility index (Phi) is 5.42. The molecule has 1 N–H and O–H groups in total. The molecule has 4 nitrogen and oxygen atoms in total. The highest BCUT2D eigenvalue weighted by Crippen LogP contribution is 2.37. The first-order valence-corrected chi connectivity index (χ1v) is 8.20. The van der Waals surface area contributed by atoms with Gasteiger partial charge in [0.15, 0.2) is 0 Å². The molecule has 2 aliphatic rings. The third kappa shape index (κ3) is 3.33. The van der Waals surface area contributed by atoms with Crippen LogP contribution in [0.3, 0.4) is 0 Å². The summed E-state index contributed by atoms with van der Waals surface area (Å²) in [4.78, 5) is 5.02. The van der Waals surface area contributed by atoms with Gasteiger partial charge in [0.2, 0.25) is 0 Å². The lowest BCUT2D eigenvalue weighted by molar-refractivity contribution is 0.0973. The van der Waals surface area contributed by atoms with E-state index in [1.54, 1.807) is 0 Å². The largest absolute Gasteiger partial charge is 0.301 e. The molecular weight excluding hydrogens is 248 g/mol. The average Bonchev–Trinajstić information content (AvgIpc) is 2.84. The van der Waals surface area contributed by atoms with Crippen LogP contribution in [0.1, 0.15) is 39.5 Å². The molecule has 0 aromatic heterocycles. The Morgan fingerprint density at radius 3 is 2.85 bits per heavy atom. The Morgan fingerprint density at radius 1 is 1.40 bits per heavy atom. The van der Waals surface area contributed by atoms with E-state index >= 15 is 0 Å². The van der Waals surface area contributed by atoms with Gasteiger partial charge in [-0.15, -0.1) is 0 Å². The van der Waals surface area contributed by atoms with Crippen LogP contribution in [-0.2, 0) is 0 Å². The predicted octanol–water partition coefficient (Wildman–Crippen LogP) is 1.68. The first-order chi connectivity index (χ1) is 9.61. The van der Waals surface area contributed by atoms with Crippen LogP contribution in [0.4, 0.5) is 0 Å². The number of piperazine rings is 1. The Hall–Kier alpha value is -0.630. The van der Waals surface area contributed by atoms with E-state index in [1.165, 1.54) is 32.5 Å². The Balaban J connectivity index is 1.85. The van der Waals surface area contributed by atoms with Crippen molar-refractivity contribution in [3.8, 4) is 6.07 Å². The third-order valence-corrected chi connectivity index (χ3v) is 5.35. The Bertz CT molecular complexity index is 351. The summed E-state index contributed by atoms with van der Waals surface area (Å²) in [5, 5.41) is 13.1. The van der Waals surface area contributed by atoms with E-state index in [2.05, 4.69) is 42.1 Å². The van der Waals surface area contributed by atoms with Crippen LogP contribution in [0.15, 0.2) is 0 Å².